The summed E-state index contributed by atoms with van der Waals surface area (Å²) in [7, 11) is 0. The van der Waals surface area contributed by atoms with Crippen molar-refractivity contribution in [1.29, 1.82) is 0 Å². The Hall–Kier alpha value is -2.33. The van der Waals surface area contributed by atoms with Crippen LogP contribution >= 0.6 is 11.8 Å². The van der Waals surface area contributed by atoms with E-state index in [1.54, 1.807) is 6.26 Å². The number of nitrogens with one attached hydrogen (secondary N) is 1. The first kappa shape index (κ1) is 24.8. The highest BCUT2D eigenvalue weighted by Crippen LogP contribution is 2.35. The van der Waals surface area contributed by atoms with Crippen LogP contribution in [0.25, 0.3) is 11.6 Å². The average molecular weight is 489 g/mol. The first-order valence-electron chi connectivity index (χ1n) is 12.2. The zero-order valence-electron chi connectivity index (χ0n) is 20.5. The number of aromatic nitrogens is 3. The van der Waals surface area contributed by atoms with Gasteiger partial charge in [0.25, 0.3) is 0 Å². The lowest BCUT2D eigenvalue weighted by atomic mass is 9.95. The molecule has 2 aromatic rings. The van der Waals surface area contributed by atoms with Crippen LogP contribution in [-0.2, 0) is 9.59 Å². The topological polar surface area (TPSA) is 96.5 Å². The van der Waals surface area contributed by atoms with E-state index in [2.05, 4.69) is 25.0 Å². The van der Waals surface area contributed by atoms with E-state index in [1.165, 1.54) is 31.0 Å². The summed E-state index contributed by atoms with van der Waals surface area (Å²) in [5.41, 5.74) is -0.235. The monoisotopic (exact) mass is 488 g/mol. The van der Waals surface area contributed by atoms with Gasteiger partial charge in [0.1, 0.15) is 0 Å². The lowest BCUT2D eigenvalue weighted by molar-refractivity contribution is -0.130. The molecule has 2 amide bonds. The number of hydrogen-bond donors (Lipinski definition) is 1. The van der Waals surface area contributed by atoms with Crippen molar-refractivity contribution in [2.45, 2.75) is 69.6 Å². The first-order chi connectivity index (χ1) is 16.3. The predicted molar refractivity (Wildman–Crippen MR) is 131 cm³/mol. The Morgan fingerprint density at radius 1 is 1.12 bits per heavy atom. The molecule has 2 aliphatic rings. The predicted octanol–water partition coefficient (Wildman–Crippen LogP) is 3.19. The number of furan rings is 1. The van der Waals surface area contributed by atoms with E-state index in [0.717, 1.165) is 23.8 Å². The van der Waals surface area contributed by atoms with Gasteiger partial charge in [0.05, 0.1) is 18.6 Å². The number of amides is 2. The Bertz CT molecular complexity index is 954. The number of nitrogens with zero attached hydrogens (tertiary/aromatic N) is 5. The highest BCUT2D eigenvalue weighted by molar-refractivity contribution is 7.99. The van der Waals surface area contributed by atoms with Crippen molar-refractivity contribution in [2.24, 2.45) is 0 Å². The number of thioether (sulfide) groups is 1. The fraction of sp³-hybridized carbons (Fsp3) is 0.667. The lowest BCUT2D eigenvalue weighted by Crippen LogP contribution is -2.53. The SMILES string of the molecule is CC(C)(C)NC(=O)CN1CCN(C(=O)CSc2nnc(-c3ccco3)n2C2CCCCC2)CC1. The standard InChI is InChI=1S/C24H36N6O3S/c1-24(2,3)25-20(31)16-28-11-13-29(14-12-28)21(32)17-34-23-27-26-22(19-10-7-15-33-19)30(23)18-8-5-4-6-9-18/h7,10,15,18H,4-6,8-9,11-14,16-17H2,1-3H3,(H,25,31). The molecule has 10 heteroatoms. The second-order valence-corrected chi connectivity index (χ2v) is 11.1. The normalized spacial score (nSPS) is 18.3. The Morgan fingerprint density at radius 2 is 1.85 bits per heavy atom. The van der Waals surface area contributed by atoms with Crippen molar-refractivity contribution >= 4 is 23.6 Å². The highest BCUT2D eigenvalue weighted by atomic mass is 32.2. The molecule has 1 aliphatic carbocycles. The molecule has 2 aromatic heterocycles. The molecule has 0 bridgehead atoms. The quantitative estimate of drug-likeness (QED) is 0.598. The van der Waals surface area contributed by atoms with E-state index in [9.17, 15) is 9.59 Å². The van der Waals surface area contributed by atoms with Crippen LogP contribution in [-0.4, -0.2) is 80.4 Å². The van der Waals surface area contributed by atoms with Gasteiger partial charge in [0.15, 0.2) is 10.9 Å². The molecule has 1 saturated carbocycles. The Balaban J connectivity index is 1.32. The van der Waals surface area contributed by atoms with Crippen molar-refractivity contribution in [3.63, 3.8) is 0 Å². The van der Waals surface area contributed by atoms with Gasteiger partial charge in [-0.2, -0.15) is 0 Å². The Kier molecular flexibility index (Phi) is 7.98. The third-order valence-corrected chi connectivity index (χ3v) is 7.21. The Morgan fingerprint density at radius 3 is 2.50 bits per heavy atom. The second-order valence-electron chi connectivity index (χ2n) is 10.2. The minimum absolute atomic E-state index is 0.0252. The minimum Gasteiger partial charge on any atom is -0.461 e. The molecular weight excluding hydrogens is 452 g/mol. The molecule has 0 aromatic carbocycles. The zero-order chi connectivity index (χ0) is 24.1. The van der Waals surface area contributed by atoms with E-state index in [4.69, 9.17) is 4.42 Å². The molecule has 0 unspecified atom stereocenters. The van der Waals surface area contributed by atoms with Crippen LogP contribution in [0.15, 0.2) is 28.0 Å². The summed E-state index contributed by atoms with van der Waals surface area (Å²) in [6.45, 7) is 8.98. The summed E-state index contributed by atoms with van der Waals surface area (Å²) in [6.07, 6.45) is 7.50. The zero-order valence-corrected chi connectivity index (χ0v) is 21.3. The molecule has 0 atom stereocenters. The number of hydrogen-bond acceptors (Lipinski definition) is 7. The van der Waals surface area contributed by atoms with Gasteiger partial charge in [-0.05, 0) is 45.7 Å². The van der Waals surface area contributed by atoms with Gasteiger partial charge in [-0.25, -0.2) is 0 Å². The van der Waals surface area contributed by atoms with Crippen LogP contribution in [0.2, 0.25) is 0 Å². The molecule has 3 heterocycles. The van der Waals surface area contributed by atoms with Crippen LogP contribution in [0, 0.1) is 0 Å². The molecule has 1 aliphatic heterocycles. The molecule has 0 radical (unpaired) electrons. The molecule has 34 heavy (non-hydrogen) atoms. The van der Waals surface area contributed by atoms with Crippen molar-refractivity contribution in [2.75, 3.05) is 38.5 Å². The summed E-state index contributed by atoms with van der Waals surface area (Å²) in [6, 6.07) is 4.10. The summed E-state index contributed by atoms with van der Waals surface area (Å²) in [5.74, 6) is 1.91. The summed E-state index contributed by atoms with van der Waals surface area (Å²) < 4.78 is 7.79. The molecule has 1 saturated heterocycles. The molecule has 4 rings (SSSR count). The van der Waals surface area contributed by atoms with Crippen LogP contribution in [0.3, 0.4) is 0 Å². The van der Waals surface area contributed by atoms with E-state index >= 15 is 0 Å². The van der Waals surface area contributed by atoms with Gasteiger partial charge in [0, 0.05) is 37.8 Å². The van der Waals surface area contributed by atoms with Gasteiger partial charge in [-0.3, -0.25) is 19.1 Å². The van der Waals surface area contributed by atoms with Gasteiger partial charge in [0.2, 0.25) is 17.6 Å². The van der Waals surface area contributed by atoms with Crippen molar-refractivity contribution in [3.05, 3.63) is 18.4 Å². The van der Waals surface area contributed by atoms with Crippen LogP contribution < -0.4 is 5.32 Å². The smallest absolute Gasteiger partial charge is 0.234 e. The largest absolute Gasteiger partial charge is 0.461 e. The van der Waals surface area contributed by atoms with Gasteiger partial charge in [-0.1, -0.05) is 31.0 Å². The van der Waals surface area contributed by atoms with Gasteiger partial charge >= 0.3 is 0 Å². The summed E-state index contributed by atoms with van der Waals surface area (Å²) >= 11 is 1.46. The first-order valence-corrected chi connectivity index (χ1v) is 13.2. The summed E-state index contributed by atoms with van der Waals surface area (Å²) in [4.78, 5) is 29.1. The minimum atomic E-state index is -0.235. The average Bonchev–Trinajstić information content (AvgIpc) is 3.47. The second kappa shape index (κ2) is 10.9. The fourth-order valence-electron chi connectivity index (χ4n) is 4.65. The van der Waals surface area contributed by atoms with E-state index in [0.29, 0.717) is 50.3 Å². The third-order valence-electron chi connectivity index (χ3n) is 6.28. The lowest BCUT2D eigenvalue weighted by Gasteiger charge is -2.35. The van der Waals surface area contributed by atoms with Crippen LogP contribution in [0.1, 0.15) is 58.9 Å². The maximum absolute atomic E-state index is 12.9. The molecule has 186 valence electrons. The molecule has 2 fully saturated rings. The van der Waals surface area contributed by atoms with E-state index in [1.807, 2.05) is 37.8 Å². The molecular formula is C24H36N6O3S. The number of carbonyl (C=O) groups excluding carboxylic acids is 2. The maximum Gasteiger partial charge on any atom is 0.234 e. The maximum atomic E-state index is 12.9. The highest BCUT2D eigenvalue weighted by Gasteiger charge is 2.27. The number of piperazine rings is 1. The summed E-state index contributed by atoms with van der Waals surface area (Å²) in [5, 5.41) is 12.6. The van der Waals surface area contributed by atoms with Crippen molar-refractivity contribution in [3.8, 4) is 11.6 Å². The van der Waals surface area contributed by atoms with Crippen molar-refractivity contribution in [1.82, 2.24) is 29.9 Å². The van der Waals surface area contributed by atoms with Gasteiger partial charge in [-0.15, -0.1) is 10.2 Å². The number of rotatable bonds is 7. The van der Waals surface area contributed by atoms with Crippen LogP contribution in [0.4, 0.5) is 0 Å². The van der Waals surface area contributed by atoms with Gasteiger partial charge < -0.3 is 14.6 Å². The molecule has 1 N–H and O–H groups in total. The Labute approximate surface area is 205 Å². The third kappa shape index (κ3) is 6.41. The van der Waals surface area contributed by atoms with E-state index < -0.39 is 0 Å². The fourth-order valence-corrected chi connectivity index (χ4v) is 5.56. The molecule has 0 spiro atoms. The van der Waals surface area contributed by atoms with E-state index in [-0.39, 0.29) is 17.4 Å². The molecule has 9 nitrogen and oxygen atoms in total. The van der Waals surface area contributed by atoms with Crippen molar-refractivity contribution < 1.29 is 14.0 Å². The van der Waals surface area contributed by atoms with Crippen LogP contribution in [0.5, 0.6) is 0 Å². The number of carbonyl (C=O) groups is 2.